The molecule has 0 atom stereocenters. The molecule has 0 aromatic rings. The van der Waals surface area contributed by atoms with Gasteiger partial charge in [-0.3, -0.25) is 0 Å². The number of halogens is 2. The second-order valence-corrected chi connectivity index (χ2v) is 2.84. The van der Waals surface area contributed by atoms with Gasteiger partial charge in [0.15, 0.2) is 0 Å². The summed E-state index contributed by atoms with van der Waals surface area (Å²) in [7, 11) is 0. The van der Waals surface area contributed by atoms with Gasteiger partial charge in [0.05, 0.1) is 0 Å². The summed E-state index contributed by atoms with van der Waals surface area (Å²) in [5.41, 5.74) is 5.57. The van der Waals surface area contributed by atoms with Gasteiger partial charge in [-0.1, -0.05) is 27.2 Å². The molecule has 0 N–H and O–H groups in total. The Morgan fingerprint density at radius 3 is 1.50 bits per heavy atom. The standard InChI is InChI=1S/C9H13.2ClH.Ti/c1-6-5-7(2)9(4)8(6)3;;;/h3,5H2,1-2,4H3;2*1H;/q-1;;;+3/p-2. The fourth-order valence-corrected chi connectivity index (χ4v) is 1.21. The topological polar surface area (TPSA) is 0 Å². The zero-order valence-electron chi connectivity index (χ0n) is 7.67. The van der Waals surface area contributed by atoms with Gasteiger partial charge in [0.25, 0.3) is 0 Å². The predicted octanol–water partition coefficient (Wildman–Crippen LogP) is -3.12. The van der Waals surface area contributed by atoms with E-state index in [0.717, 1.165) is 6.42 Å². The molecular formula is C9H13Cl2Ti. The summed E-state index contributed by atoms with van der Waals surface area (Å²) in [6.07, 6.45) is 1.14. The summed E-state index contributed by atoms with van der Waals surface area (Å²) in [6.45, 7) is 10.5. The number of rotatable bonds is 0. The molecular weight excluding hydrogens is 227 g/mol. The van der Waals surface area contributed by atoms with Crippen LogP contribution in [0.1, 0.15) is 27.2 Å². The molecule has 0 saturated carbocycles. The van der Waals surface area contributed by atoms with Crippen molar-refractivity contribution in [3.05, 3.63) is 29.2 Å². The van der Waals surface area contributed by atoms with Crippen molar-refractivity contribution in [2.45, 2.75) is 27.2 Å². The molecule has 1 aliphatic rings. The van der Waals surface area contributed by atoms with E-state index >= 15 is 0 Å². The maximum atomic E-state index is 3.97. The van der Waals surface area contributed by atoms with Crippen LogP contribution in [0.4, 0.5) is 0 Å². The fraction of sp³-hybridized carbons (Fsp3) is 0.444. The van der Waals surface area contributed by atoms with E-state index < -0.39 is 0 Å². The van der Waals surface area contributed by atoms with Crippen molar-refractivity contribution in [2.75, 3.05) is 0 Å². The SMILES string of the molecule is [CH2-]C1=C(C)CC(C)=C1C.[Cl-].[Cl-].[Ti+3]. The van der Waals surface area contributed by atoms with E-state index in [0.29, 0.717) is 0 Å². The number of hydrogen-bond acceptors (Lipinski definition) is 0. The molecule has 0 aliphatic heterocycles. The van der Waals surface area contributed by atoms with Gasteiger partial charge in [-0.25, -0.2) is 0 Å². The molecule has 3 heteroatoms. The molecule has 1 aliphatic carbocycles. The maximum absolute atomic E-state index is 3.97. The van der Waals surface area contributed by atoms with Gasteiger partial charge >= 0.3 is 21.7 Å². The first kappa shape index (κ1) is 18.4. The average Bonchev–Trinajstić information content (AvgIpc) is 1.98. The van der Waals surface area contributed by atoms with Crippen LogP contribution >= 0.6 is 0 Å². The Morgan fingerprint density at radius 1 is 1.00 bits per heavy atom. The van der Waals surface area contributed by atoms with Crippen molar-refractivity contribution in [3.63, 3.8) is 0 Å². The van der Waals surface area contributed by atoms with Crippen molar-refractivity contribution in [1.82, 2.24) is 0 Å². The van der Waals surface area contributed by atoms with Crippen LogP contribution in [0, 0.1) is 6.92 Å². The molecule has 67 valence electrons. The van der Waals surface area contributed by atoms with Gasteiger partial charge in [0.1, 0.15) is 0 Å². The molecule has 0 bridgehead atoms. The van der Waals surface area contributed by atoms with Gasteiger partial charge in [-0.2, -0.15) is 23.6 Å². The van der Waals surface area contributed by atoms with Crippen molar-refractivity contribution >= 4 is 0 Å². The van der Waals surface area contributed by atoms with E-state index in [4.69, 9.17) is 0 Å². The summed E-state index contributed by atoms with van der Waals surface area (Å²) in [5, 5.41) is 0. The van der Waals surface area contributed by atoms with Crippen LogP contribution in [0.3, 0.4) is 0 Å². The Morgan fingerprint density at radius 2 is 1.42 bits per heavy atom. The minimum absolute atomic E-state index is 0. The van der Waals surface area contributed by atoms with E-state index in [2.05, 4.69) is 27.7 Å². The minimum atomic E-state index is 0. The van der Waals surface area contributed by atoms with Gasteiger partial charge in [0, 0.05) is 0 Å². The molecule has 12 heavy (non-hydrogen) atoms. The van der Waals surface area contributed by atoms with Crippen LogP contribution in [0.5, 0.6) is 0 Å². The van der Waals surface area contributed by atoms with Crippen LogP contribution in [0.15, 0.2) is 22.3 Å². The first-order valence-electron chi connectivity index (χ1n) is 3.31. The summed E-state index contributed by atoms with van der Waals surface area (Å²) < 4.78 is 0. The Kier molecular flexibility index (Phi) is 10.9. The van der Waals surface area contributed by atoms with E-state index in [1.807, 2.05) is 0 Å². The molecule has 0 aromatic carbocycles. The van der Waals surface area contributed by atoms with Crippen molar-refractivity contribution in [2.24, 2.45) is 0 Å². The number of allylic oxidation sites excluding steroid dienone is 4. The molecule has 1 rings (SSSR count). The van der Waals surface area contributed by atoms with E-state index in [9.17, 15) is 0 Å². The average molecular weight is 240 g/mol. The Bertz CT molecular complexity index is 183. The molecule has 0 saturated heterocycles. The fourth-order valence-electron chi connectivity index (χ4n) is 1.21. The van der Waals surface area contributed by atoms with Crippen molar-refractivity contribution in [1.29, 1.82) is 0 Å². The summed E-state index contributed by atoms with van der Waals surface area (Å²) >= 11 is 0. The molecule has 0 unspecified atom stereocenters. The molecule has 0 amide bonds. The third-order valence-electron chi connectivity index (χ3n) is 2.14. The Labute approximate surface area is 103 Å². The second-order valence-electron chi connectivity index (χ2n) is 2.84. The second kappa shape index (κ2) is 7.09. The third-order valence-corrected chi connectivity index (χ3v) is 2.14. The van der Waals surface area contributed by atoms with Crippen molar-refractivity contribution < 1.29 is 46.5 Å². The van der Waals surface area contributed by atoms with Crippen molar-refractivity contribution in [3.8, 4) is 0 Å². The Balaban J connectivity index is -0.000000270. The number of hydrogen-bond donors (Lipinski definition) is 0. The van der Waals surface area contributed by atoms with Crippen LogP contribution < -0.4 is 24.8 Å². The van der Waals surface area contributed by atoms with Crippen LogP contribution in [-0.4, -0.2) is 0 Å². The molecule has 1 radical (unpaired) electrons. The zero-order chi connectivity index (χ0) is 7.02. The van der Waals surface area contributed by atoms with Crippen LogP contribution in [0.25, 0.3) is 0 Å². The predicted molar refractivity (Wildman–Crippen MR) is 41.0 cm³/mol. The van der Waals surface area contributed by atoms with Crippen LogP contribution in [-0.2, 0) is 21.7 Å². The first-order valence-corrected chi connectivity index (χ1v) is 3.31. The monoisotopic (exact) mass is 239 g/mol. The first-order chi connectivity index (χ1) is 4.13. The Hall–Kier alpha value is 0.644. The smallest absolute Gasteiger partial charge is 1.00 e. The summed E-state index contributed by atoms with van der Waals surface area (Å²) in [5.74, 6) is 0. The van der Waals surface area contributed by atoms with E-state index in [1.165, 1.54) is 22.3 Å². The van der Waals surface area contributed by atoms with Crippen LogP contribution in [0.2, 0.25) is 0 Å². The minimum Gasteiger partial charge on any atom is -1.00 e. The van der Waals surface area contributed by atoms with E-state index in [-0.39, 0.29) is 46.5 Å². The summed E-state index contributed by atoms with van der Waals surface area (Å²) in [6, 6.07) is 0. The zero-order valence-corrected chi connectivity index (χ0v) is 10.7. The van der Waals surface area contributed by atoms with Gasteiger partial charge in [0.2, 0.25) is 0 Å². The summed E-state index contributed by atoms with van der Waals surface area (Å²) in [4.78, 5) is 0. The third kappa shape index (κ3) is 3.57. The van der Waals surface area contributed by atoms with Gasteiger partial charge in [-0.05, 0) is 0 Å². The van der Waals surface area contributed by atoms with E-state index in [1.54, 1.807) is 0 Å². The molecule has 0 spiro atoms. The largest absolute Gasteiger partial charge is 3.00 e. The molecule has 0 fully saturated rings. The normalized spacial score (nSPS) is 14.9. The molecule has 0 aromatic heterocycles. The van der Waals surface area contributed by atoms with Gasteiger partial charge < -0.3 is 24.8 Å². The quantitative estimate of drug-likeness (QED) is 0.310. The molecule has 0 heterocycles. The molecule has 0 nitrogen and oxygen atoms in total. The maximum Gasteiger partial charge on any atom is 3.00 e. The van der Waals surface area contributed by atoms with Gasteiger partial charge in [-0.15, -0.1) is 5.57 Å².